The van der Waals surface area contributed by atoms with Gasteiger partial charge in [-0.05, 0) is 54.8 Å². The molecule has 9 heteroatoms. The molecule has 2 N–H and O–H groups in total. The van der Waals surface area contributed by atoms with Crippen molar-refractivity contribution >= 4 is 33.1 Å². The van der Waals surface area contributed by atoms with Crippen LogP contribution >= 0.6 is 0 Å². The normalized spacial score (nSPS) is 17.6. The number of hydrogen-bond acceptors (Lipinski definition) is 5. The summed E-state index contributed by atoms with van der Waals surface area (Å²) in [4.78, 5) is 29.2. The summed E-state index contributed by atoms with van der Waals surface area (Å²) in [5.74, 6) is -1.46. The standard InChI is InChI=1S/C20H18FN3O4S/c21-14-5-3-13(4-6-14)17-18(23-11-1-2-12-23)20(26)24(19(17)25)15-7-9-16(10-8-15)29(22,27)28/h3-10H,1-2,11-12H2,(H2,22,27,28). The SMILES string of the molecule is NS(=O)(=O)c1ccc(N2C(=O)C(c3ccc(F)cc3)=C(N3CCCC3)C2=O)cc1. The molecule has 29 heavy (non-hydrogen) atoms. The topological polar surface area (TPSA) is 101 Å². The number of nitrogens with zero attached hydrogens (tertiary/aromatic N) is 2. The molecule has 0 saturated carbocycles. The third-order valence-corrected chi connectivity index (χ3v) is 5.97. The van der Waals surface area contributed by atoms with Crippen LogP contribution in [-0.2, 0) is 19.6 Å². The zero-order valence-corrected chi connectivity index (χ0v) is 16.2. The molecule has 0 spiro atoms. The quantitative estimate of drug-likeness (QED) is 0.768. The summed E-state index contributed by atoms with van der Waals surface area (Å²) in [5.41, 5.74) is 1.19. The van der Waals surface area contributed by atoms with Crippen LogP contribution in [0.1, 0.15) is 18.4 Å². The van der Waals surface area contributed by atoms with Gasteiger partial charge >= 0.3 is 0 Å². The molecule has 2 aliphatic rings. The Labute approximate surface area is 167 Å². The number of amides is 2. The number of imide groups is 1. The van der Waals surface area contributed by atoms with E-state index in [2.05, 4.69) is 0 Å². The van der Waals surface area contributed by atoms with Gasteiger partial charge in [-0.25, -0.2) is 22.8 Å². The molecule has 0 aromatic heterocycles. The van der Waals surface area contributed by atoms with Gasteiger partial charge in [-0.2, -0.15) is 0 Å². The maximum absolute atomic E-state index is 13.4. The maximum Gasteiger partial charge on any atom is 0.282 e. The molecule has 2 aliphatic heterocycles. The van der Waals surface area contributed by atoms with Gasteiger partial charge in [-0.15, -0.1) is 0 Å². The number of halogens is 1. The van der Waals surface area contributed by atoms with Gasteiger partial charge in [-0.1, -0.05) is 12.1 Å². The van der Waals surface area contributed by atoms with Crippen LogP contribution in [-0.4, -0.2) is 38.2 Å². The van der Waals surface area contributed by atoms with E-state index in [-0.39, 0.29) is 21.9 Å². The highest BCUT2D eigenvalue weighted by atomic mass is 32.2. The van der Waals surface area contributed by atoms with Crippen LogP contribution in [0, 0.1) is 5.82 Å². The van der Waals surface area contributed by atoms with E-state index in [1.54, 1.807) is 0 Å². The molecule has 2 amide bonds. The molecule has 0 radical (unpaired) electrons. The number of rotatable bonds is 4. The fourth-order valence-corrected chi connectivity index (χ4v) is 4.16. The number of carbonyl (C=O) groups is 2. The first-order valence-corrected chi connectivity index (χ1v) is 10.6. The van der Waals surface area contributed by atoms with Crippen molar-refractivity contribution in [1.29, 1.82) is 0 Å². The summed E-state index contributed by atoms with van der Waals surface area (Å²) >= 11 is 0. The van der Waals surface area contributed by atoms with Crippen LogP contribution in [0.4, 0.5) is 10.1 Å². The molecule has 4 rings (SSSR count). The Morgan fingerprint density at radius 1 is 0.862 bits per heavy atom. The van der Waals surface area contributed by atoms with E-state index in [1.807, 2.05) is 4.90 Å². The fourth-order valence-electron chi connectivity index (χ4n) is 3.65. The molecule has 1 saturated heterocycles. The molecule has 0 atom stereocenters. The van der Waals surface area contributed by atoms with Crippen LogP contribution < -0.4 is 10.0 Å². The van der Waals surface area contributed by atoms with Gasteiger partial charge in [-0.3, -0.25) is 9.59 Å². The van der Waals surface area contributed by atoms with Crippen LogP contribution in [0.15, 0.2) is 59.1 Å². The second-order valence-electron chi connectivity index (χ2n) is 6.91. The average Bonchev–Trinajstić information content (AvgIpc) is 3.28. The Bertz CT molecular complexity index is 1120. The summed E-state index contributed by atoms with van der Waals surface area (Å²) in [5, 5.41) is 5.11. The molecular formula is C20H18FN3O4S. The zero-order chi connectivity index (χ0) is 20.8. The summed E-state index contributed by atoms with van der Waals surface area (Å²) in [6.45, 7) is 1.30. The summed E-state index contributed by atoms with van der Waals surface area (Å²) < 4.78 is 36.3. The number of benzene rings is 2. The molecule has 0 bridgehead atoms. The predicted octanol–water partition coefficient (Wildman–Crippen LogP) is 1.85. The van der Waals surface area contributed by atoms with Gasteiger partial charge in [0.25, 0.3) is 11.8 Å². The first-order chi connectivity index (χ1) is 13.8. The second kappa shape index (κ2) is 7.09. The van der Waals surface area contributed by atoms with Crippen LogP contribution in [0.3, 0.4) is 0 Å². The number of anilines is 1. The zero-order valence-electron chi connectivity index (χ0n) is 15.3. The van der Waals surface area contributed by atoms with Gasteiger partial charge in [0.05, 0.1) is 16.2 Å². The molecule has 0 aliphatic carbocycles. The smallest absolute Gasteiger partial charge is 0.282 e. The third-order valence-electron chi connectivity index (χ3n) is 5.04. The summed E-state index contributed by atoms with van der Waals surface area (Å²) in [7, 11) is -3.89. The van der Waals surface area contributed by atoms with Gasteiger partial charge in [0.1, 0.15) is 11.5 Å². The lowest BCUT2D eigenvalue weighted by Gasteiger charge is -2.20. The lowest BCUT2D eigenvalue weighted by molar-refractivity contribution is -0.120. The molecule has 7 nitrogen and oxygen atoms in total. The average molecular weight is 415 g/mol. The summed E-state index contributed by atoms with van der Waals surface area (Å²) in [6.07, 6.45) is 1.81. The van der Waals surface area contributed by atoms with Crippen molar-refractivity contribution in [2.75, 3.05) is 18.0 Å². The summed E-state index contributed by atoms with van der Waals surface area (Å²) in [6, 6.07) is 10.7. The lowest BCUT2D eigenvalue weighted by atomic mass is 10.0. The second-order valence-corrected chi connectivity index (χ2v) is 8.47. The van der Waals surface area contributed by atoms with Crippen molar-refractivity contribution in [1.82, 2.24) is 4.90 Å². The van der Waals surface area contributed by atoms with E-state index in [0.717, 1.165) is 17.7 Å². The monoisotopic (exact) mass is 415 g/mol. The largest absolute Gasteiger partial charge is 0.366 e. The molecule has 2 aromatic rings. The predicted molar refractivity (Wildman–Crippen MR) is 104 cm³/mol. The third kappa shape index (κ3) is 3.43. The van der Waals surface area contributed by atoms with Gasteiger partial charge in [0.2, 0.25) is 10.0 Å². The Morgan fingerprint density at radius 2 is 1.45 bits per heavy atom. The molecule has 0 unspecified atom stereocenters. The number of hydrogen-bond donors (Lipinski definition) is 1. The highest BCUT2D eigenvalue weighted by molar-refractivity contribution is 7.89. The van der Waals surface area contributed by atoms with E-state index in [4.69, 9.17) is 5.14 Å². The van der Waals surface area contributed by atoms with Crippen molar-refractivity contribution in [3.8, 4) is 0 Å². The Hall–Kier alpha value is -3.04. The first-order valence-electron chi connectivity index (χ1n) is 9.04. The van der Waals surface area contributed by atoms with Crippen molar-refractivity contribution in [2.45, 2.75) is 17.7 Å². The molecule has 2 aromatic carbocycles. The molecule has 2 heterocycles. The van der Waals surface area contributed by atoms with Gasteiger partial charge in [0, 0.05) is 13.1 Å². The number of carbonyl (C=O) groups excluding carboxylic acids is 2. The molecule has 1 fully saturated rings. The van der Waals surface area contributed by atoms with Crippen LogP contribution in [0.5, 0.6) is 0 Å². The fraction of sp³-hybridized carbons (Fsp3) is 0.200. The van der Waals surface area contributed by atoms with E-state index >= 15 is 0 Å². The van der Waals surface area contributed by atoms with Crippen molar-refractivity contribution in [3.63, 3.8) is 0 Å². The van der Waals surface area contributed by atoms with Crippen molar-refractivity contribution in [3.05, 3.63) is 65.6 Å². The van der Waals surface area contributed by atoms with Crippen molar-refractivity contribution < 1.29 is 22.4 Å². The minimum Gasteiger partial charge on any atom is -0.366 e. The minimum absolute atomic E-state index is 0.119. The van der Waals surface area contributed by atoms with Gasteiger partial charge in [0.15, 0.2) is 0 Å². The van der Waals surface area contributed by atoms with E-state index in [9.17, 15) is 22.4 Å². The van der Waals surface area contributed by atoms with E-state index < -0.39 is 27.7 Å². The maximum atomic E-state index is 13.4. The number of sulfonamides is 1. The number of nitrogens with two attached hydrogens (primary N) is 1. The Kier molecular flexibility index (Phi) is 4.71. The molecule has 150 valence electrons. The minimum atomic E-state index is -3.89. The van der Waals surface area contributed by atoms with Gasteiger partial charge < -0.3 is 4.90 Å². The van der Waals surface area contributed by atoms with E-state index in [1.165, 1.54) is 48.5 Å². The molecular weight excluding hydrogens is 397 g/mol. The number of primary sulfonamides is 1. The Balaban J connectivity index is 1.79. The highest BCUT2D eigenvalue weighted by Crippen LogP contribution is 2.36. The van der Waals surface area contributed by atoms with E-state index in [0.29, 0.717) is 18.7 Å². The van der Waals surface area contributed by atoms with Crippen LogP contribution in [0.25, 0.3) is 5.57 Å². The lowest BCUT2D eigenvalue weighted by Crippen LogP contribution is -2.34. The van der Waals surface area contributed by atoms with Crippen molar-refractivity contribution in [2.24, 2.45) is 5.14 Å². The highest BCUT2D eigenvalue weighted by Gasteiger charge is 2.43. The van der Waals surface area contributed by atoms with Crippen LogP contribution in [0.2, 0.25) is 0 Å². The Morgan fingerprint density at radius 3 is 2.00 bits per heavy atom. The number of likely N-dealkylation sites (tertiary alicyclic amines) is 1. The first kappa shape index (κ1) is 19.3.